The average molecular weight is 629 g/mol. The summed E-state index contributed by atoms with van der Waals surface area (Å²) in [5.41, 5.74) is 3.62. The number of para-hydroxylation sites is 1. The molecule has 5 rings (SSSR count). The van der Waals surface area contributed by atoms with Gasteiger partial charge in [0.05, 0.1) is 5.56 Å². The summed E-state index contributed by atoms with van der Waals surface area (Å²) in [7, 11) is 0. The van der Waals surface area contributed by atoms with Crippen molar-refractivity contribution >= 4 is 29.2 Å². The van der Waals surface area contributed by atoms with Crippen molar-refractivity contribution < 1.29 is 29.3 Å². The molecule has 244 valence electrons. The van der Waals surface area contributed by atoms with Crippen LogP contribution in [0.5, 0.6) is 11.5 Å². The number of anilines is 2. The number of aromatic carboxylic acids is 1. The Balaban J connectivity index is 1.20. The van der Waals surface area contributed by atoms with E-state index in [9.17, 15) is 19.5 Å². The maximum atomic E-state index is 13.7. The largest absolute Gasteiger partial charge is 0.506 e. The van der Waals surface area contributed by atoms with E-state index in [2.05, 4.69) is 32.6 Å². The summed E-state index contributed by atoms with van der Waals surface area (Å²) >= 11 is 0. The molecule has 46 heavy (non-hydrogen) atoms. The van der Waals surface area contributed by atoms with Gasteiger partial charge in [0.25, 0.3) is 5.91 Å². The Morgan fingerprint density at radius 2 is 1.65 bits per heavy atom. The van der Waals surface area contributed by atoms with Crippen LogP contribution in [0.15, 0.2) is 66.7 Å². The Morgan fingerprint density at radius 1 is 0.891 bits per heavy atom. The molecule has 2 aliphatic rings. The first-order valence-corrected chi connectivity index (χ1v) is 16.3. The molecular formula is C36H44N4O6. The number of aromatic hydroxyl groups is 1. The van der Waals surface area contributed by atoms with Crippen molar-refractivity contribution in [3.63, 3.8) is 0 Å². The summed E-state index contributed by atoms with van der Waals surface area (Å²) in [4.78, 5) is 41.0. The van der Waals surface area contributed by atoms with E-state index >= 15 is 0 Å². The van der Waals surface area contributed by atoms with Crippen LogP contribution in [-0.4, -0.2) is 78.3 Å². The van der Waals surface area contributed by atoms with Crippen LogP contribution >= 0.6 is 0 Å². The maximum Gasteiger partial charge on any atom is 0.335 e. The predicted octanol–water partition coefficient (Wildman–Crippen LogP) is 4.85. The number of carbonyl (C=O) groups excluding carboxylic acids is 2. The van der Waals surface area contributed by atoms with Crippen molar-refractivity contribution in [1.82, 2.24) is 10.2 Å². The smallest absolute Gasteiger partial charge is 0.335 e. The van der Waals surface area contributed by atoms with Gasteiger partial charge in [-0.25, -0.2) is 4.79 Å². The summed E-state index contributed by atoms with van der Waals surface area (Å²) in [5.74, 6) is -0.566. The van der Waals surface area contributed by atoms with Gasteiger partial charge in [0.2, 0.25) is 5.91 Å². The number of rotatable bonds is 15. The van der Waals surface area contributed by atoms with Crippen LogP contribution in [0.1, 0.15) is 60.0 Å². The molecule has 10 nitrogen and oxygen atoms in total. The number of amides is 2. The second-order valence-corrected chi connectivity index (χ2v) is 12.0. The Labute approximate surface area is 270 Å². The van der Waals surface area contributed by atoms with Crippen molar-refractivity contribution in [2.45, 2.75) is 57.4 Å². The minimum Gasteiger partial charge on any atom is -0.506 e. The summed E-state index contributed by atoms with van der Waals surface area (Å²) in [6, 6.07) is 20.7. The molecule has 0 saturated heterocycles. The second-order valence-electron chi connectivity index (χ2n) is 12.0. The highest BCUT2D eigenvalue weighted by Gasteiger charge is 2.26. The third kappa shape index (κ3) is 8.78. The van der Waals surface area contributed by atoms with Crippen molar-refractivity contribution in [2.24, 2.45) is 0 Å². The number of hydrogen-bond donors (Lipinski definition) is 4. The highest BCUT2D eigenvalue weighted by atomic mass is 16.5. The molecule has 1 saturated carbocycles. The fraction of sp³-hybridized carbons (Fsp3) is 0.417. The van der Waals surface area contributed by atoms with Gasteiger partial charge in [0.1, 0.15) is 11.4 Å². The summed E-state index contributed by atoms with van der Waals surface area (Å²) in [5, 5.41) is 25.5. The van der Waals surface area contributed by atoms with E-state index < -0.39 is 5.97 Å². The lowest BCUT2D eigenvalue weighted by Gasteiger charge is -2.37. The van der Waals surface area contributed by atoms with E-state index in [1.807, 2.05) is 36.4 Å². The van der Waals surface area contributed by atoms with Crippen molar-refractivity contribution in [2.75, 3.05) is 49.5 Å². The molecule has 1 fully saturated rings. The summed E-state index contributed by atoms with van der Waals surface area (Å²) in [6.45, 7) is 3.16. The number of ether oxygens (including phenoxy) is 1. The van der Waals surface area contributed by atoms with Crippen LogP contribution in [0, 0.1) is 0 Å². The number of carboxylic acids is 1. The lowest BCUT2D eigenvalue weighted by atomic mass is 9.94. The van der Waals surface area contributed by atoms with Gasteiger partial charge in [-0.05, 0) is 73.7 Å². The molecule has 0 radical (unpaired) electrons. The number of phenols is 1. The van der Waals surface area contributed by atoms with Gasteiger partial charge in [0, 0.05) is 44.3 Å². The number of hydrogen-bond acceptors (Lipinski definition) is 7. The molecule has 10 heteroatoms. The Hall–Kier alpha value is -4.57. The van der Waals surface area contributed by atoms with E-state index in [-0.39, 0.29) is 35.8 Å². The molecule has 1 aliphatic carbocycles. The standard InChI is InChI=1S/C36H44N4O6/c41-31-16-15-27(35-34(31)38-32(42)25-46-35)19-22-39(29-7-3-1-4-8-29)23-24-40(30-9-5-2-6-10-30)33(43)18-21-37-20-17-26-11-13-28(14-12-26)36(44)45/h1,3-4,7-8,11-16,30,37,41H,2,5-6,9-10,17-25H2,(H,38,42)(H,44,45). The van der Waals surface area contributed by atoms with E-state index in [1.54, 1.807) is 18.2 Å². The summed E-state index contributed by atoms with van der Waals surface area (Å²) < 4.78 is 5.72. The highest BCUT2D eigenvalue weighted by Crippen LogP contribution is 2.39. The minimum atomic E-state index is -0.931. The highest BCUT2D eigenvalue weighted by molar-refractivity contribution is 5.97. The van der Waals surface area contributed by atoms with Crippen LogP contribution in [0.2, 0.25) is 0 Å². The first kappa shape index (κ1) is 32.8. The third-order valence-electron chi connectivity index (χ3n) is 8.86. The molecule has 0 spiro atoms. The van der Waals surface area contributed by atoms with Gasteiger partial charge in [-0.2, -0.15) is 0 Å². The molecule has 0 aromatic heterocycles. The van der Waals surface area contributed by atoms with Crippen molar-refractivity contribution in [3.8, 4) is 11.5 Å². The van der Waals surface area contributed by atoms with E-state index in [1.165, 1.54) is 6.42 Å². The van der Waals surface area contributed by atoms with Crippen LogP contribution in [0.4, 0.5) is 11.4 Å². The molecule has 0 atom stereocenters. The number of nitrogens with one attached hydrogen (secondary N) is 2. The number of benzene rings is 3. The fourth-order valence-corrected chi connectivity index (χ4v) is 6.32. The molecule has 3 aromatic carbocycles. The number of nitrogens with zero attached hydrogens (tertiary/aromatic N) is 2. The van der Waals surface area contributed by atoms with Gasteiger partial charge in [-0.1, -0.05) is 55.7 Å². The van der Waals surface area contributed by atoms with E-state index in [4.69, 9.17) is 9.84 Å². The molecule has 2 amide bonds. The predicted molar refractivity (Wildman–Crippen MR) is 178 cm³/mol. The third-order valence-corrected chi connectivity index (χ3v) is 8.86. The monoisotopic (exact) mass is 628 g/mol. The Morgan fingerprint density at radius 3 is 2.39 bits per heavy atom. The van der Waals surface area contributed by atoms with E-state index in [0.717, 1.165) is 48.9 Å². The maximum absolute atomic E-state index is 13.7. The Kier molecular flexibility index (Phi) is 11.5. The van der Waals surface area contributed by atoms with Gasteiger partial charge < -0.3 is 35.4 Å². The summed E-state index contributed by atoms with van der Waals surface area (Å²) in [6.07, 6.45) is 7.35. The van der Waals surface area contributed by atoms with Gasteiger partial charge in [0.15, 0.2) is 12.4 Å². The van der Waals surface area contributed by atoms with E-state index in [0.29, 0.717) is 57.0 Å². The molecule has 3 aromatic rings. The second kappa shape index (κ2) is 16.1. The minimum absolute atomic E-state index is 0.0164. The number of carbonyl (C=O) groups is 3. The van der Waals surface area contributed by atoms with Gasteiger partial charge >= 0.3 is 5.97 Å². The van der Waals surface area contributed by atoms with Crippen LogP contribution < -0.4 is 20.3 Å². The lowest BCUT2D eigenvalue weighted by Crippen LogP contribution is -2.46. The van der Waals surface area contributed by atoms with Gasteiger partial charge in [-0.3, -0.25) is 9.59 Å². The quantitative estimate of drug-likeness (QED) is 0.139. The van der Waals surface area contributed by atoms with Crippen molar-refractivity contribution in [1.29, 1.82) is 0 Å². The zero-order chi connectivity index (χ0) is 32.3. The zero-order valence-electron chi connectivity index (χ0n) is 26.2. The molecule has 4 N–H and O–H groups in total. The van der Waals surface area contributed by atoms with Crippen LogP contribution in [-0.2, 0) is 22.4 Å². The zero-order valence-corrected chi connectivity index (χ0v) is 26.2. The SMILES string of the molecule is O=C1COc2c(CCN(CCN(C(=O)CCNCCc3ccc(C(=O)O)cc3)C3CCCCC3)c3ccccc3)ccc(O)c2N1. The first-order valence-electron chi connectivity index (χ1n) is 16.3. The fourth-order valence-electron chi connectivity index (χ4n) is 6.32. The normalized spacial score (nSPS) is 14.6. The molecule has 1 heterocycles. The van der Waals surface area contributed by atoms with Crippen LogP contribution in [0.3, 0.4) is 0 Å². The number of phenolic OH excluding ortho intramolecular Hbond substituents is 1. The molecular weight excluding hydrogens is 584 g/mol. The van der Waals surface area contributed by atoms with Crippen LogP contribution in [0.25, 0.3) is 0 Å². The number of carboxylic acid groups (broad SMARTS) is 1. The Bertz CT molecular complexity index is 1470. The topological polar surface area (TPSA) is 131 Å². The van der Waals surface area contributed by atoms with Gasteiger partial charge in [-0.15, -0.1) is 0 Å². The number of fused-ring (bicyclic) bond motifs is 1. The first-order chi connectivity index (χ1) is 22.4. The van der Waals surface area contributed by atoms with Crippen molar-refractivity contribution in [3.05, 3.63) is 83.4 Å². The molecule has 1 aliphatic heterocycles. The molecule has 0 bridgehead atoms. The lowest BCUT2D eigenvalue weighted by molar-refractivity contribution is -0.134. The molecule has 0 unspecified atom stereocenters. The average Bonchev–Trinajstić information content (AvgIpc) is 3.08.